The third-order valence-electron chi connectivity index (χ3n) is 5.00. The predicted octanol–water partition coefficient (Wildman–Crippen LogP) is 3.03. The van der Waals surface area contributed by atoms with Gasteiger partial charge in [0.05, 0.1) is 11.6 Å². The number of hydrogen-bond acceptors (Lipinski definition) is 5. The van der Waals surface area contributed by atoms with Crippen molar-refractivity contribution in [1.82, 2.24) is 16.3 Å². The quantitative estimate of drug-likeness (QED) is 0.418. The summed E-state index contributed by atoms with van der Waals surface area (Å²) in [6.07, 6.45) is 1.73. The number of nitrogens with one attached hydrogen (secondary N) is 3. The number of benzene rings is 3. The molecule has 28 heavy (non-hydrogen) atoms. The third kappa shape index (κ3) is 3.74. The third-order valence-corrected chi connectivity index (χ3v) is 5.00. The van der Waals surface area contributed by atoms with Crippen LogP contribution in [0.2, 0.25) is 0 Å². The number of fused-ring (bicyclic) bond motifs is 1. The van der Waals surface area contributed by atoms with E-state index >= 15 is 0 Å². The molecule has 3 aromatic carbocycles. The highest BCUT2D eigenvalue weighted by Crippen LogP contribution is 2.25. The molecule has 0 saturated carbocycles. The molecule has 2 atom stereocenters. The maximum atomic E-state index is 12.5. The lowest BCUT2D eigenvalue weighted by Gasteiger charge is -2.15. The molecule has 2 unspecified atom stereocenters. The number of phenols is 1. The zero-order chi connectivity index (χ0) is 19.5. The average molecular weight is 374 g/mol. The van der Waals surface area contributed by atoms with E-state index in [0.717, 1.165) is 16.3 Å². The van der Waals surface area contributed by atoms with Crippen LogP contribution in [0.5, 0.6) is 5.75 Å². The minimum absolute atomic E-state index is 0.0619. The van der Waals surface area contributed by atoms with E-state index < -0.39 is 5.91 Å². The van der Waals surface area contributed by atoms with Gasteiger partial charge >= 0.3 is 0 Å². The summed E-state index contributed by atoms with van der Waals surface area (Å²) in [5.74, 6) is -0.411. The maximum absolute atomic E-state index is 12.5. The van der Waals surface area contributed by atoms with Crippen LogP contribution in [0.15, 0.2) is 65.8 Å². The first-order chi connectivity index (χ1) is 13.6. The summed E-state index contributed by atoms with van der Waals surface area (Å²) in [6, 6.07) is 19.2. The maximum Gasteiger partial charge on any atom is 0.275 e. The topological polar surface area (TPSA) is 85.8 Å². The number of carbonyl (C=O) groups excluding carboxylic acids is 1. The summed E-state index contributed by atoms with van der Waals surface area (Å²) >= 11 is 0. The van der Waals surface area contributed by atoms with Crippen LogP contribution < -0.4 is 16.3 Å². The summed E-state index contributed by atoms with van der Waals surface area (Å²) in [4.78, 5) is 12.5. The van der Waals surface area contributed by atoms with Crippen molar-refractivity contribution in [3.8, 4) is 5.75 Å². The zero-order valence-corrected chi connectivity index (χ0v) is 15.5. The Hall–Kier alpha value is -3.22. The Labute approximate surface area is 163 Å². The summed E-state index contributed by atoms with van der Waals surface area (Å²) in [5.41, 5.74) is 11.5. The molecule has 0 radical (unpaired) electrons. The number of aryl methyl sites for hydroxylation is 1. The monoisotopic (exact) mass is 374 g/mol. The molecule has 1 aliphatic heterocycles. The highest BCUT2D eigenvalue weighted by atomic mass is 16.3. The molecule has 142 valence electrons. The van der Waals surface area contributed by atoms with Crippen molar-refractivity contribution in [2.24, 2.45) is 11.0 Å². The fourth-order valence-electron chi connectivity index (χ4n) is 3.42. The van der Waals surface area contributed by atoms with Gasteiger partial charge in [-0.25, -0.2) is 10.9 Å². The van der Waals surface area contributed by atoms with E-state index in [1.807, 2.05) is 24.3 Å². The van der Waals surface area contributed by atoms with E-state index in [-0.39, 0.29) is 23.3 Å². The number of carbonyl (C=O) groups is 1. The van der Waals surface area contributed by atoms with Crippen molar-refractivity contribution in [1.29, 1.82) is 0 Å². The van der Waals surface area contributed by atoms with Gasteiger partial charge in [0.25, 0.3) is 5.91 Å². The molecular weight excluding hydrogens is 352 g/mol. The minimum atomic E-state index is -0.440. The van der Waals surface area contributed by atoms with Crippen LogP contribution in [0, 0.1) is 12.8 Å². The molecule has 6 heteroatoms. The molecule has 4 N–H and O–H groups in total. The highest BCUT2D eigenvalue weighted by Gasteiger charge is 2.26. The number of hydrazine groups is 1. The van der Waals surface area contributed by atoms with Gasteiger partial charge in [-0.2, -0.15) is 5.10 Å². The van der Waals surface area contributed by atoms with Crippen LogP contribution in [0.4, 0.5) is 0 Å². The smallest absolute Gasteiger partial charge is 0.275 e. The van der Waals surface area contributed by atoms with Crippen molar-refractivity contribution in [3.63, 3.8) is 0 Å². The summed E-state index contributed by atoms with van der Waals surface area (Å²) < 4.78 is 0. The van der Waals surface area contributed by atoms with Crippen molar-refractivity contribution in [3.05, 3.63) is 77.4 Å². The highest BCUT2D eigenvalue weighted by molar-refractivity contribution is 6.01. The molecule has 0 aromatic heterocycles. The van der Waals surface area contributed by atoms with Crippen molar-refractivity contribution in [2.45, 2.75) is 13.0 Å². The SMILES string of the molecule is Cc1ccc(C2NNCC2/C=N/NC(=O)c2cc3ccccc3cc2O)cc1. The van der Waals surface area contributed by atoms with Gasteiger partial charge < -0.3 is 5.11 Å². The molecule has 0 spiro atoms. The minimum Gasteiger partial charge on any atom is -0.507 e. The van der Waals surface area contributed by atoms with Crippen molar-refractivity contribution in [2.75, 3.05) is 6.54 Å². The second-order valence-corrected chi connectivity index (χ2v) is 7.01. The molecule has 0 aliphatic carbocycles. The Kier molecular flexibility index (Phi) is 5.06. The van der Waals surface area contributed by atoms with Gasteiger partial charge in [0.15, 0.2) is 0 Å². The largest absolute Gasteiger partial charge is 0.507 e. The van der Waals surface area contributed by atoms with Gasteiger partial charge in [0.1, 0.15) is 5.75 Å². The van der Waals surface area contributed by atoms with E-state index in [1.165, 1.54) is 5.56 Å². The Balaban J connectivity index is 1.46. The van der Waals surface area contributed by atoms with Gasteiger partial charge in [0, 0.05) is 18.7 Å². The zero-order valence-electron chi connectivity index (χ0n) is 15.5. The first kappa shape index (κ1) is 18.2. The number of hydrazone groups is 1. The lowest BCUT2D eigenvalue weighted by molar-refractivity contribution is 0.0952. The molecule has 1 aliphatic rings. The number of hydrogen-bond donors (Lipinski definition) is 4. The van der Waals surface area contributed by atoms with Crippen molar-refractivity contribution >= 4 is 22.9 Å². The van der Waals surface area contributed by atoms with E-state index in [1.54, 1.807) is 18.3 Å². The van der Waals surface area contributed by atoms with Gasteiger partial charge in [-0.3, -0.25) is 10.2 Å². The second-order valence-electron chi connectivity index (χ2n) is 7.01. The lowest BCUT2D eigenvalue weighted by atomic mass is 9.95. The average Bonchev–Trinajstić information content (AvgIpc) is 3.16. The molecule has 4 rings (SSSR count). The van der Waals surface area contributed by atoms with Crippen LogP contribution in [0.3, 0.4) is 0 Å². The molecule has 3 aromatic rings. The lowest BCUT2D eigenvalue weighted by Crippen LogP contribution is -2.25. The van der Waals surface area contributed by atoms with E-state index in [4.69, 9.17) is 0 Å². The van der Waals surface area contributed by atoms with E-state index in [9.17, 15) is 9.90 Å². The van der Waals surface area contributed by atoms with E-state index in [2.05, 4.69) is 52.6 Å². The van der Waals surface area contributed by atoms with Crippen molar-refractivity contribution < 1.29 is 9.90 Å². The standard InChI is InChI=1S/C22H22N4O2/c1-14-6-8-15(9-7-14)21-18(12-23-25-21)13-24-26-22(28)19-10-16-4-2-3-5-17(16)11-20(19)27/h2-11,13,18,21,23,25,27H,12H2,1H3,(H,26,28)/b24-13+. The molecule has 1 heterocycles. The first-order valence-electron chi connectivity index (χ1n) is 9.22. The fourth-order valence-corrected chi connectivity index (χ4v) is 3.42. The summed E-state index contributed by atoms with van der Waals surface area (Å²) in [7, 11) is 0. The molecular formula is C22H22N4O2. The van der Waals surface area contributed by atoms with Gasteiger partial charge in [-0.05, 0) is 35.4 Å². The van der Waals surface area contributed by atoms with Crippen LogP contribution in [0.1, 0.15) is 27.5 Å². The van der Waals surface area contributed by atoms with Crippen LogP contribution in [-0.2, 0) is 0 Å². The second kappa shape index (κ2) is 7.80. The number of aromatic hydroxyl groups is 1. The number of phenolic OH excluding ortho intramolecular Hbond substituents is 1. The summed E-state index contributed by atoms with van der Waals surface area (Å²) in [5, 5.41) is 16.1. The Morgan fingerprint density at radius 3 is 2.61 bits per heavy atom. The number of amides is 1. The van der Waals surface area contributed by atoms with Gasteiger partial charge in [-0.1, -0.05) is 54.1 Å². The molecule has 1 fully saturated rings. The van der Waals surface area contributed by atoms with Crippen LogP contribution >= 0.6 is 0 Å². The normalized spacial score (nSPS) is 19.3. The molecule has 1 amide bonds. The first-order valence-corrected chi connectivity index (χ1v) is 9.22. The van der Waals surface area contributed by atoms with Crippen LogP contribution in [0.25, 0.3) is 10.8 Å². The fraction of sp³-hybridized carbons (Fsp3) is 0.182. The molecule has 1 saturated heterocycles. The van der Waals surface area contributed by atoms with Gasteiger partial charge in [-0.15, -0.1) is 0 Å². The Morgan fingerprint density at radius 2 is 1.86 bits per heavy atom. The Bertz CT molecular complexity index is 1030. The Morgan fingerprint density at radius 1 is 1.14 bits per heavy atom. The number of rotatable bonds is 4. The summed E-state index contributed by atoms with van der Waals surface area (Å²) in [6.45, 7) is 2.76. The predicted molar refractivity (Wildman–Crippen MR) is 110 cm³/mol. The van der Waals surface area contributed by atoms with Crippen LogP contribution in [-0.4, -0.2) is 23.8 Å². The van der Waals surface area contributed by atoms with Gasteiger partial charge in [0.2, 0.25) is 0 Å². The molecule has 0 bridgehead atoms. The van der Waals surface area contributed by atoms with E-state index in [0.29, 0.717) is 6.54 Å². The molecule has 6 nitrogen and oxygen atoms in total. The number of nitrogens with zero attached hydrogens (tertiary/aromatic N) is 1.